The van der Waals surface area contributed by atoms with Gasteiger partial charge in [-0.25, -0.2) is 4.79 Å². The zero-order valence-electron chi connectivity index (χ0n) is 13.7. The van der Waals surface area contributed by atoms with Crippen LogP contribution in [0.4, 0.5) is 0 Å². The maximum Gasteiger partial charge on any atom is 0.338 e. The fourth-order valence-electron chi connectivity index (χ4n) is 2.57. The molecule has 0 saturated carbocycles. The average Bonchev–Trinajstić information content (AvgIpc) is 2.61. The van der Waals surface area contributed by atoms with Crippen LogP contribution in [0, 0.1) is 0 Å². The van der Waals surface area contributed by atoms with Crippen molar-refractivity contribution in [1.82, 2.24) is 0 Å². The summed E-state index contributed by atoms with van der Waals surface area (Å²) in [7, 11) is 0. The third kappa shape index (κ3) is 4.93. The van der Waals surface area contributed by atoms with E-state index < -0.39 is 0 Å². The van der Waals surface area contributed by atoms with E-state index in [1.807, 2.05) is 48.5 Å². The molecule has 2 aromatic carbocycles. The minimum Gasteiger partial charge on any atom is -0.462 e. The maximum absolute atomic E-state index is 12.4. The molecule has 1 atom stereocenters. The lowest BCUT2D eigenvalue weighted by Gasteiger charge is -2.16. The Morgan fingerprint density at radius 1 is 1.00 bits per heavy atom. The quantitative estimate of drug-likeness (QED) is 0.578. The van der Waals surface area contributed by atoms with Gasteiger partial charge in [-0.1, -0.05) is 74.7 Å². The Balaban J connectivity index is 2.06. The summed E-state index contributed by atoms with van der Waals surface area (Å²) >= 11 is 0. The second-order valence-electron chi connectivity index (χ2n) is 5.67. The summed E-state index contributed by atoms with van der Waals surface area (Å²) in [6.07, 6.45) is 4.34. The number of unbranched alkanes of at least 4 members (excludes halogenated alkanes) is 3. The van der Waals surface area contributed by atoms with Crippen LogP contribution in [-0.2, 0) is 4.74 Å². The van der Waals surface area contributed by atoms with E-state index in [0.29, 0.717) is 12.2 Å². The van der Waals surface area contributed by atoms with Gasteiger partial charge in [0.05, 0.1) is 18.2 Å². The lowest BCUT2D eigenvalue weighted by Crippen LogP contribution is -2.17. The maximum atomic E-state index is 12.4. The number of benzene rings is 2. The first-order valence-corrected chi connectivity index (χ1v) is 8.30. The first-order chi connectivity index (χ1) is 11.2. The van der Waals surface area contributed by atoms with Crippen LogP contribution in [0.25, 0.3) is 0 Å². The van der Waals surface area contributed by atoms with Crippen LogP contribution in [0.15, 0.2) is 54.6 Å². The van der Waals surface area contributed by atoms with Crippen molar-refractivity contribution in [1.29, 1.82) is 0 Å². The van der Waals surface area contributed by atoms with E-state index in [2.05, 4.69) is 6.92 Å². The number of hydrogen-bond donors (Lipinski definition) is 1. The molecule has 0 radical (unpaired) electrons. The fourth-order valence-corrected chi connectivity index (χ4v) is 2.57. The van der Waals surface area contributed by atoms with Crippen LogP contribution in [0.1, 0.15) is 60.1 Å². The molecule has 0 heterocycles. The zero-order valence-corrected chi connectivity index (χ0v) is 13.7. The van der Waals surface area contributed by atoms with Crippen molar-refractivity contribution in [2.75, 3.05) is 6.61 Å². The first-order valence-electron chi connectivity index (χ1n) is 8.30. The molecule has 0 aliphatic carbocycles. The molecule has 23 heavy (non-hydrogen) atoms. The number of carbonyl (C=O) groups is 1. The minimum absolute atomic E-state index is 0.288. The molecular formula is C20H25NO2. The smallest absolute Gasteiger partial charge is 0.338 e. The summed E-state index contributed by atoms with van der Waals surface area (Å²) in [6.45, 7) is 2.63. The van der Waals surface area contributed by atoms with Gasteiger partial charge < -0.3 is 10.5 Å². The van der Waals surface area contributed by atoms with Gasteiger partial charge in [-0.3, -0.25) is 0 Å². The summed E-state index contributed by atoms with van der Waals surface area (Å²) in [4.78, 5) is 12.4. The van der Waals surface area contributed by atoms with Gasteiger partial charge in [0.2, 0.25) is 0 Å². The Morgan fingerprint density at radius 3 is 2.43 bits per heavy atom. The molecule has 3 nitrogen and oxygen atoms in total. The van der Waals surface area contributed by atoms with E-state index in [9.17, 15) is 4.79 Å². The highest BCUT2D eigenvalue weighted by Gasteiger charge is 2.18. The number of hydrogen-bond acceptors (Lipinski definition) is 3. The highest BCUT2D eigenvalue weighted by Crippen LogP contribution is 2.23. The van der Waals surface area contributed by atoms with Crippen LogP contribution in [-0.4, -0.2) is 12.6 Å². The van der Waals surface area contributed by atoms with Gasteiger partial charge in [-0.15, -0.1) is 0 Å². The first kappa shape index (κ1) is 17.2. The van der Waals surface area contributed by atoms with Gasteiger partial charge in [0, 0.05) is 0 Å². The molecule has 2 aromatic rings. The number of carbonyl (C=O) groups excluding carboxylic acids is 1. The molecule has 1 unspecified atom stereocenters. The molecule has 122 valence electrons. The predicted molar refractivity (Wildman–Crippen MR) is 93.3 cm³/mol. The predicted octanol–water partition coefficient (Wildman–Crippen LogP) is 4.47. The SMILES string of the molecule is CCCCCCOC(=O)c1ccccc1C(N)c1ccccc1. The van der Waals surface area contributed by atoms with Gasteiger partial charge in [0.15, 0.2) is 0 Å². The van der Waals surface area contributed by atoms with Crippen molar-refractivity contribution < 1.29 is 9.53 Å². The molecule has 0 bridgehead atoms. The van der Waals surface area contributed by atoms with Crippen molar-refractivity contribution in [3.63, 3.8) is 0 Å². The molecular weight excluding hydrogens is 286 g/mol. The standard InChI is InChI=1S/C20H25NO2/c1-2-3-4-10-15-23-20(22)18-14-9-8-13-17(18)19(21)16-11-6-5-7-12-16/h5-9,11-14,19H,2-4,10,15,21H2,1H3. The summed E-state index contributed by atoms with van der Waals surface area (Å²) in [6, 6.07) is 16.9. The molecule has 0 saturated heterocycles. The van der Waals surface area contributed by atoms with Gasteiger partial charge in [-0.05, 0) is 23.6 Å². The Kier molecular flexibility index (Phi) is 6.82. The Labute approximate surface area is 138 Å². The number of nitrogens with two attached hydrogens (primary N) is 1. The van der Waals surface area contributed by atoms with Crippen LogP contribution < -0.4 is 5.73 Å². The monoisotopic (exact) mass is 311 g/mol. The molecule has 0 spiro atoms. The summed E-state index contributed by atoms with van der Waals surface area (Å²) in [5, 5.41) is 0. The van der Waals surface area contributed by atoms with Gasteiger partial charge in [0.25, 0.3) is 0 Å². The molecule has 0 aliphatic heterocycles. The van der Waals surface area contributed by atoms with E-state index in [1.54, 1.807) is 6.07 Å². The van der Waals surface area contributed by atoms with Crippen molar-refractivity contribution in [3.8, 4) is 0 Å². The van der Waals surface area contributed by atoms with Crippen LogP contribution in [0.2, 0.25) is 0 Å². The minimum atomic E-state index is -0.333. The third-order valence-corrected chi connectivity index (χ3v) is 3.91. The van der Waals surface area contributed by atoms with E-state index >= 15 is 0 Å². The molecule has 0 aromatic heterocycles. The van der Waals surface area contributed by atoms with E-state index in [1.165, 1.54) is 12.8 Å². The number of ether oxygens (including phenoxy) is 1. The summed E-state index contributed by atoms with van der Waals surface area (Å²) in [5.41, 5.74) is 8.68. The van der Waals surface area contributed by atoms with E-state index in [0.717, 1.165) is 24.0 Å². The summed E-state index contributed by atoms with van der Waals surface area (Å²) in [5.74, 6) is -0.288. The Morgan fingerprint density at radius 2 is 1.70 bits per heavy atom. The van der Waals surface area contributed by atoms with Crippen molar-refractivity contribution in [3.05, 3.63) is 71.3 Å². The van der Waals surface area contributed by atoms with Crippen LogP contribution in [0.3, 0.4) is 0 Å². The molecule has 2 N–H and O–H groups in total. The third-order valence-electron chi connectivity index (χ3n) is 3.91. The second-order valence-corrected chi connectivity index (χ2v) is 5.67. The number of rotatable bonds is 8. The van der Waals surface area contributed by atoms with Crippen molar-refractivity contribution in [2.24, 2.45) is 5.73 Å². The number of esters is 1. The zero-order chi connectivity index (χ0) is 16.5. The average molecular weight is 311 g/mol. The summed E-state index contributed by atoms with van der Waals surface area (Å²) < 4.78 is 5.41. The van der Waals surface area contributed by atoms with Crippen LogP contribution >= 0.6 is 0 Å². The highest BCUT2D eigenvalue weighted by molar-refractivity contribution is 5.91. The molecule has 0 aliphatic rings. The van der Waals surface area contributed by atoms with Crippen LogP contribution in [0.5, 0.6) is 0 Å². The molecule has 2 rings (SSSR count). The van der Waals surface area contributed by atoms with E-state index in [-0.39, 0.29) is 12.0 Å². The highest BCUT2D eigenvalue weighted by atomic mass is 16.5. The Hall–Kier alpha value is -2.13. The normalized spacial score (nSPS) is 11.9. The van der Waals surface area contributed by atoms with Crippen molar-refractivity contribution in [2.45, 2.75) is 38.6 Å². The van der Waals surface area contributed by atoms with Gasteiger partial charge >= 0.3 is 5.97 Å². The largest absolute Gasteiger partial charge is 0.462 e. The lowest BCUT2D eigenvalue weighted by atomic mass is 9.95. The lowest BCUT2D eigenvalue weighted by molar-refractivity contribution is 0.0496. The fraction of sp³-hybridized carbons (Fsp3) is 0.350. The molecule has 0 fully saturated rings. The topological polar surface area (TPSA) is 52.3 Å². The molecule has 0 amide bonds. The van der Waals surface area contributed by atoms with Gasteiger partial charge in [-0.2, -0.15) is 0 Å². The van der Waals surface area contributed by atoms with Crippen molar-refractivity contribution >= 4 is 5.97 Å². The van der Waals surface area contributed by atoms with Gasteiger partial charge in [0.1, 0.15) is 0 Å². The Bertz CT molecular complexity index is 610. The molecule has 3 heteroatoms. The van der Waals surface area contributed by atoms with E-state index in [4.69, 9.17) is 10.5 Å². The second kappa shape index (κ2) is 9.11.